The number of carbonyl (C=O) groups is 2. The lowest BCUT2D eigenvalue weighted by molar-refractivity contribution is -0.141. The fourth-order valence-corrected chi connectivity index (χ4v) is 4.62. The van der Waals surface area contributed by atoms with Crippen molar-refractivity contribution >= 4 is 23.8 Å². The number of nitrogens with zero attached hydrogens (tertiary/aromatic N) is 1. The van der Waals surface area contributed by atoms with E-state index in [0.717, 1.165) is 25.7 Å². The molecular weight excluding hydrogens is 264 g/mol. The first-order valence-corrected chi connectivity index (χ1v) is 8.04. The van der Waals surface area contributed by atoms with Crippen LogP contribution in [0.3, 0.4) is 0 Å². The van der Waals surface area contributed by atoms with Gasteiger partial charge in [-0.05, 0) is 37.5 Å². The predicted octanol–water partition coefficient (Wildman–Crippen LogP) is 1.73. The van der Waals surface area contributed by atoms with Gasteiger partial charge in [0.1, 0.15) is 6.04 Å². The van der Waals surface area contributed by atoms with Gasteiger partial charge in [-0.1, -0.05) is 6.92 Å². The Morgan fingerprint density at radius 3 is 2.53 bits per heavy atom. The zero-order chi connectivity index (χ0) is 13.6. The van der Waals surface area contributed by atoms with Crippen molar-refractivity contribution in [3.63, 3.8) is 0 Å². The number of rotatable bonds is 3. The second-order valence-corrected chi connectivity index (χ2v) is 7.20. The Kier molecular flexibility index (Phi) is 3.37. The highest BCUT2D eigenvalue weighted by molar-refractivity contribution is 8.00. The summed E-state index contributed by atoms with van der Waals surface area (Å²) >= 11 is 1.62. The molecule has 0 spiro atoms. The quantitative estimate of drug-likeness (QED) is 0.828. The molecule has 0 aromatic rings. The molecular formula is C13H20N2O3S. The van der Waals surface area contributed by atoms with E-state index in [9.17, 15) is 14.7 Å². The molecule has 3 fully saturated rings. The maximum Gasteiger partial charge on any atom is 0.327 e. The Morgan fingerprint density at radius 2 is 2.00 bits per heavy atom. The summed E-state index contributed by atoms with van der Waals surface area (Å²) in [5, 5.41) is 12.3. The third-order valence-electron chi connectivity index (χ3n) is 4.28. The maximum atomic E-state index is 12.4. The van der Waals surface area contributed by atoms with Gasteiger partial charge in [-0.25, -0.2) is 9.59 Å². The average molecular weight is 284 g/mol. The summed E-state index contributed by atoms with van der Waals surface area (Å²) in [7, 11) is 0. The van der Waals surface area contributed by atoms with E-state index in [-0.39, 0.29) is 17.4 Å². The lowest BCUT2D eigenvalue weighted by Gasteiger charge is -2.36. The molecule has 2 saturated carbocycles. The monoisotopic (exact) mass is 284 g/mol. The van der Waals surface area contributed by atoms with Crippen LogP contribution in [0.4, 0.5) is 4.79 Å². The summed E-state index contributed by atoms with van der Waals surface area (Å²) in [4.78, 5) is 25.2. The topological polar surface area (TPSA) is 69.6 Å². The van der Waals surface area contributed by atoms with E-state index in [1.165, 1.54) is 0 Å². The number of carboxylic acids is 1. The van der Waals surface area contributed by atoms with Gasteiger partial charge in [0.15, 0.2) is 0 Å². The molecule has 2 amide bonds. The van der Waals surface area contributed by atoms with Crippen molar-refractivity contribution in [2.45, 2.75) is 50.1 Å². The van der Waals surface area contributed by atoms with Crippen LogP contribution < -0.4 is 5.32 Å². The highest BCUT2D eigenvalue weighted by atomic mass is 32.2. The van der Waals surface area contributed by atoms with Crippen molar-refractivity contribution in [2.75, 3.05) is 5.75 Å². The van der Waals surface area contributed by atoms with E-state index in [1.54, 1.807) is 16.7 Å². The lowest BCUT2D eigenvalue weighted by Crippen LogP contribution is -2.55. The van der Waals surface area contributed by atoms with E-state index in [2.05, 4.69) is 12.2 Å². The van der Waals surface area contributed by atoms with Gasteiger partial charge in [0.2, 0.25) is 0 Å². The van der Waals surface area contributed by atoms with Gasteiger partial charge in [-0.2, -0.15) is 0 Å². The second-order valence-electron chi connectivity index (χ2n) is 6.05. The number of carbonyl (C=O) groups excluding carboxylic acids is 1. The Balaban J connectivity index is 1.66. The molecule has 1 saturated heterocycles. The third-order valence-corrected chi connectivity index (χ3v) is 5.74. The number of carboxylic acid groups (broad SMARTS) is 1. The molecule has 106 valence electrons. The Bertz CT molecular complexity index is 393. The largest absolute Gasteiger partial charge is 0.480 e. The Hall–Kier alpha value is -0.910. The summed E-state index contributed by atoms with van der Waals surface area (Å²) in [5.74, 6) is 0.811. The first kappa shape index (κ1) is 13.1. The minimum atomic E-state index is -0.882. The van der Waals surface area contributed by atoms with Crippen molar-refractivity contribution in [1.82, 2.24) is 10.2 Å². The van der Waals surface area contributed by atoms with E-state index < -0.39 is 12.0 Å². The Labute approximate surface area is 117 Å². The minimum absolute atomic E-state index is 0.0681. The molecule has 5 nitrogen and oxygen atoms in total. The van der Waals surface area contributed by atoms with Crippen LogP contribution >= 0.6 is 11.8 Å². The predicted molar refractivity (Wildman–Crippen MR) is 73.0 cm³/mol. The standard InChI is InChI=1S/C13H20N2O3S/c1-7-4-9(5-7)14-13(18)15-10(12(16)17)6-19-11(15)8-2-3-8/h7-11H,2-6H2,1H3,(H,14,18)(H,16,17). The first-order valence-electron chi connectivity index (χ1n) is 6.99. The lowest BCUT2D eigenvalue weighted by atomic mass is 9.82. The van der Waals surface area contributed by atoms with Crippen LogP contribution in [0, 0.1) is 11.8 Å². The fraction of sp³-hybridized carbons (Fsp3) is 0.846. The number of hydrogen-bond donors (Lipinski definition) is 2. The van der Waals surface area contributed by atoms with Crippen LogP contribution in [0.15, 0.2) is 0 Å². The molecule has 0 aromatic heterocycles. The van der Waals surface area contributed by atoms with E-state index >= 15 is 0 Å². The number of urea groups is 1. The normalized spacial score (nSPS) is 37.8. The SMILES string of the molecule is CC1CC(NC(=O)N2C(C(=O)O)CSC2C2CC2)C1. The van der Waals surface area contributed by atoms with Gasteiger partial charge in [-0.3, -0.25) is 4.90 Å². The van der Waals surface area contributed by atoms with Crippen molar-refractivity contribution in [1.29, 1.82) is 0 Å². The summed E-state index contributed by atoms with van der Waals surface area (Å²) < 4.78 is 0. The zero-order valence-electron chi connectivity index (χ0n) is 11.0. The van der Waals surface area contributed by atoms with Gasteiger partial charge < -0.3 is 10.4 Å². The second kappa shape index (κ2) is 4.89. The number of hydrogen-bond acceptors (Lipinski definition) is 3. The molecule has 1 heterocycles. The van der Waals surface area contributed by atoms with Gasteiger partial charge in [-0.15, -0.1) is 11.8 Å². The fourth-order valence-electron chi connectivity index (χ4n) is 2.99. The van der Waals surface area contributed by atoms with Crippen molar-refractivity contribution < 1.29 is 14.7 Å². The number of thioether (sulfide) groups is 1. The van der Waals surface area contributed by atoms with E-state index in [4.69, 9.17) is 0 Å². The van der Waals surface area contributed by atoms with Gasteiger partial charge >= 0.3 is 12.0 Å². The smallest absolute Gasteiger partial charge is 0.327 e. The number of nitrogens with one attached hydrogen (secondary N) is 1. The van der Waals surface area contributed by atoms with Crippen LogP contribution in [0.5, 0.6) is 0 Å². The molecule has 0 radical (unpaired) electrons. The van der Waals surface area contributed by atoms with E-state index in [0.29, 0.717) is 17.6 Å². The molecule has 6 heteroatoms. The molecule has 0 bridgehead atoms. The molecule has 2 N–H and O–H groups in total. The summed E-state index contributed by atoms with van der Waals surface area (Å²) in [6, 6.07) is -0.596. The molecule has 1 aliphatic heterocycles. The molecule has 2 unspecified atom stereocenters. The number of aliphatic carboxylic acids is 1. The summed E-state index contributed by atoms with van der Waals surface area (Å²) in [6.45, 7) is 2.17. The summed E-state index contributed by atoms with van der Waals surface area (Å²) in [6.07, 6.45) is 4.26. The highest BCUT2D eigenvalue weighted by Gasteiger charge is 2.48. The van der Waals surface area contributed by atoms with Crippen molar-refractivity contribution in [3.8, 4) is 0 Å². The van der Waals surface area contributed by atoms with Gasteiger partial charge in [0.25, 0.3) is 0 Å². The van der Waals surface area contributed by atoms with Crippen LogP contribution in [0.2, 0.25) is 0 Å². The van der Waals surface area contributed by atoms with Crippen LogP contribution in [0.25, 0.3) is 0 Å². The van der Waals surface area contributed by atoms with Crippen LogP contribution in [-0.4, -0.2) is 45.2 Å². The molecule has 3 aliphatic rings. The molecule has 0 aromatic carbocycles. The third kappa shape index (κ3) is 2.55. The van der Waals surface area contributed by atoms with E-state index in [1.807, 2.05) is 0 Å². The molecule has 2 aliphatic carbocycles. The molecule has 19 heavy (non-hydrogen) atoms. The first-order chi connectivity index (χ1) is 9.06. The van der Waals surface area contributed by atoms with Crippen LogP contribution in [-0.2, 0) is 4.79 Å². The number of amides is 2. The van der Waals surface area contributed by atoms with Crippen molar-refractivity contribution in [3.05, 3.63) is 0 Å². The molecule has 3 rings (SSSR count). The maximum absolute atomic E-state index is 12.4. The minimum Gasteiger partial charge on any atom is -0.480 e. The highest BCUT2D eigenvalue weighted by Crippen LogP contribution is 2.45. The zero-order valence-corrected chi connectivity index (χ0v) is 11.9. The van der Waals surface area contributed by atoms with Gasteiger partial charge in [0, 0.05) is 11.8 Å². The van der Waals surface area contributed by atoms with Gasteiger partial charge in [0.05, 0.1) is 5.37 Å². The molecule has 2 atom stereocenters. The Morgan fingerprint density at radius 1 is 1.32 bits per heavy atom. The van der Waals surface area contributed by atoms with Crippen molar-refractivity contribution in [2.24, 2.45) is 11.8 Å². The average Bonchev–Trinajstić information content (AvgIpc) is 3.05. The van der Waals surface area contributed by atoms with Crippen LogP contribution in [0.1, 0.15) is 32.6 Å². The summed E-state index contributed by atoms with van der Waals surface area (Å²) in [5.41, 5.74) is 0.